The van der Waals surface area contributed by atoms with Gasteiger partial charge >= 0.3 is 5.69 Å². The van der Waals surface area contributed by atoms with Crippen LogP contribution in [0.5, 0.6) is 5.75 Å². The summed E-state index contributed by atoms with van der Waals surface area (Å²) in [6.07, 6.45) is 1.10. The Morgan fingerprint density at radius 1 is 1.44 bits per heavy atom. The van der Waals surface area contributed by atoms with Gasteiger partial charge in [0, 0.05) is 24.4 Å². The number of anilines is 1. The van der Waals surface area contributed by atoms with Crippen molar-refractivity contribution in [2.45, 2.75) is 27.2 Å². The van der Waals surface area contributed by atoms with Gasteiger partial charge in [-0.1, -0.05) is 20.3 Å². The SMILES string of the molecule is CCOc1cc(NCC(C)CC)ccc1[N+](=O)[O-]. The largest absolute Gasteiger partial charge is 0.487 e. The van der Waals surface area contributed by atoms with Crippen LogP contribution in [-0.4, -0.2) is 18.1 Å². The van der Waals surface area contributed by atoms with E-state index in [2.05, 4.69) is 19.2 Å². The first-order valence-electron chi connectivity index (χ1n) is 6.23. The second-order valence-electron chi connectivity index (χ2n) is 4.27. The fraction of sp³-hybridized carbons (Fsp3) is 0.538. The number of rotatable bonds is 7. The highest BCUT2D eigenvalue weighted by molar-refractivity contribution is 5.58. The Bertz CT molecular complexity index is 407. The predicted molar refractivity (Wildman–Crippen MR) is 72.2 cm³/mol. The van der Waals surface area contributed by atoms with E-state index in [9.17, 15) is 10.1 Å². The first-order chi connectivity index (χ1) is 8.58. The topological polar surface area (TPSA) is 64.4 Å². The lowest BCUT2D eigenvalue weighted by Crippen LogP contribution is -2.10. The number of nitrogens with one attached hydrogen (secondary N) is 1. The van der Waals surface area contributed by atoms with Crippen LogP contribution in [0.2, 0.25) is 0 Å². The molecule has 0 aliphatic rings. The van der Waals surface area contributed by atoms with Crippen molar-refractivity contribution in [1.29, 1.82) is 0 Å². The van der Waals surface area contributed by atoms with Gasteiger partial charge in [-0.15, -0.1) is 0 Å². The number of nitrogens with zero attached hydrogens (tertiary/aromatic N) is 1. The molecule has 0 amide bonds. The third-order valence-electron chi connectivity index (χ3n) is 2.81. The fourth-order valence-electron chi connectivity index (χ4n) is 1.48. The number of benzene rings is 1. The van der Waals surface area contributed by atoms with Gasteiger partial charge in [-0.05, 0) is 18.9 Å². The molecule has 0 heterocycles. The molecule has 1 rings (SSSR count). The summed E-state index contributed by atoms with van der Waals surface area (Å²) >= 11 is 0. The Morgan fingerprint density at radius 2 is 2.17 bits per heavy atom. The average Bonchev–Trinajstić information content (AvgIpc) is 2.36. The van der Waals surface area contributed by atoms with Gasteiger partial charge in [0.1, 0.15) is 0 Å². The monoisotopic (exact) mass is 252 g/mol. The third kappa shape index (κ3) is 3.91. The van der Waals surface area contributed by atoms with Crippen LogP contribution in [0.4, 0.5) is 11.4 Å². The van der Waals surface area contributed by atoms with E-state index >= 15 is 0 Å². The molecule has 18 heavy (non-hydrogen) atoms. The summed E-state index contributed by atoms with van der Waals surface area (Å²) < 4.78 is 5.29. The maximum atomic E-state index is 10.8. The molecule has 1 atom stereocenters. The van der Waals surface area contributed by atoms with E-state index in [-0.39, 0.29) is 5.69 Å². The molecule has 1 aromatic carbocycles. The van der Waals surface area contributed by atoms with Crippen LogP contribution >= 0.6 is 0 Å². The zero-order valence-electron chi connectivity index (χ0n) is 11.1. The molecule has 5 nitrogen and oxygen atoms in total. The first-order valence-corrected chi connectivity index (χ1v) is 6.23. The van der Waals surface area contributed by atoms with Gasteiger partial charge < -0.3 is 10.1 Å². The highest BCUT2D eigenvalue weighted by Gasteiger charge is 2.15. The van der Waals surface area contributed by atoms with Gasteiger partial charge in [0.15, 0.2) is 5.75 Å². The van der Waals surface area contributed by atoms with Gasteiger partial charge in [0.2, 0.25) is 0 Å². The summed E-state index contributed by atoms with van der Waals surface area (Å²) in [5.74, 6) is 0.882. The Hall–Kier alpha value is -1.78. The zero-order valence-corrected chi connectivity index (χ0v) is 11.1. The van der Waals surface area contributed by atoms with E-state index in [1.807, 2.05) is 6.92 Å². The highest BCUT2D eigenvalue weighted by Crippen LogP contribution is 2.30. The molecule has 0 radical (unpaired) electrons. The molecular formula is C13H20N2O3. The number of hydrogen-bond acceptors (Lipinski definition) is 4. The molecule has 0 fully saturated rings. The molecule has 0 aliphatic carbocycles. The summed E-state index contributed by atoms with van der Waals surface area (Å²) in [5.41, 5.74) is 0.857. The third-order valence-corrected chi connectivity index (χ3v) is 2.81. The molecule has 1 aromatic rings. The molecule has 0 saturated heterocycles. The zero-order chi connectivity index (χ0) is 13.5. The van der Waals surface area contributed by atoms with Crippen LogP contribution in [0.25, 0.3) is 0 Å². The minimum Gasteiger partial charge on any atom is -0.487 e. The highest BCUT2D eigenvalue weighted by atomic mass is 16.6. The lowest BCUT2D eigenvalue weighted by atomic mass is 10.1. The van der Waals surface area contributed by atoms with Crippen LogP contribution in [0.3, 0.4) is 0 Å². The van der Waals surface area contributed by atoms with Crippen LogP contribution in [0.1, 0.15) is 27.2 Å². The van der Waals surface area contributed by atoms with Crippen molar-refractivity contribution in [2.75, 3.05) is 18.5 Å². The van der Waals surface area contributed by atoms with Crippen LogP contribution in [-0.2, 0) is 0 Å². The molecule has 100 valence electrons. The van der Waals surface area contributed by atoms with Crippen LogP contribution < -0.4 is 10.1 Å². The molecule has 0 bridgehead atoms. The minimum absolute atomic E-state index is 0.00550. The second-order valence-corrected chi connectivity index (χ2v) is 4.27. The Morgan fingerprint density at radius 3 is 2.72 bits per heavy atom. The number of hydrogen-bond donors (Lipinski definition) is 1. The maximum absolute atomic E-state index is 10.8. The van der Waals surface area contributed by atoms with E-state index in [4.69, 9.17) is 4.74 Å². The Balaban J connectivity index is 2.82. The average molecular weight is 252 g/mol. The predicted octanol–water partition coefficient (Wildman–Crippen LogP) is 3.45. The Kier molecular flexibility index (Phi) is 5.42. The summed E-state index contributed by atoms with van der Waals surface area (Å²) in [5, 5.41) is 14.1. The van der Waals surface area contributed by atoms with Crippen molar-refractivity contribution in [3.8, 4) is 5.75 Å². The van der Waals surface area contributed by atoms with E-state index in [1.54, 1.807) is 12.1 Å². The summed E-state index contributed by atoms with van der Waals surface area (Å²) in [7, 11) is 0. The molecule has 0 aliphatic heterocycles. The van der Waals surface area contributed by atoms with Crippen LogP contribution in [0.15, 0.2) is 18.2 Å². The number of nitro benzene ring substituents is 1. The quantitative estimate of drug-likeness (QED) is 0.596. The molecule has 0 saturated carbocycles. The van der Waals surface area contributed by atoms with Gasteiger partial charge in [-0.2, -0.15) is 0 Å². The fourth-order valence-corrected chi connectivity index (χ4v) is 1.48. The summed E-state index contributed by atoms with van der Waals surface area (Å²) in [6.45, 7) is 7.36. The van der Waals surface area contributed by atoms with Crippen molar-refractivity contribution in [2.24, 2.45) is 5.92 Å². The van der Waals surface area contributed by atoms with Gasteiger partial charge in [0.05, 0.1) is 11.5 Å². The lowest BCUT2D eigenvalue weighted by Gasteiger charge is -2.12. The second kappa shape index (κ2) is 6.83. The minimum atomic E-state index is -0.427. The van der Waals surface area contributed by atoms with Gasteiger partial charge in [0.25, 0.3) is 0 Å². The molecule has 0 spiro atoms. The van der Waals surface area contributed by atoms with Crippen molar-refractivity contribution in [1.82, 2.24) is 0 Å². The summed E-state index contributed by atoms with van der Waals surface area (Å²) in [6, 6.07) is 4.87. The van der Waals surface area contributed by atoms with Crippen molar-refractivity contribution in [3.63, 3.8) is 0 Å². The van der Waals surface area contributed by atoms with Gasteiger partial charge in [-0.3, -0.25) is 10.1 Å². The molecule has 1 N–H and O–H groups in total. The van der Waals surface area contributed by atoms with E-state index in [0.717, 1.165) is 18.7 Å². The van der Waals surface area contributed by atoms with Crippen molar-refractivity contribution in [3.05, 3.63) is 28.3 Å². The maximum Gasteiger partial charge on any atom is 0.311 e. The molecule has 0 aromatic heterocycles. The van der Waals surface area contributed by atoms with E-state index in [0.29, 0.717) is 18.3 Å². The van der Waals surface area contributed by atoms with Crippen molar-refractivity contribution < 1.29 is 9.66 Å². The standard InChI is InChI=1S/C13H20N2O3/c1-4-10(3)9-14-11-6-7-12(15(16)17)13(8-11)18-5-2/h6-8,10,14H,4-5,9H2,1-3H3. The number of nitro groups is 1. The molecule has 1 unspecified atom stereocenters. The van der Waals surface area contributed by atoms with E-state index < -0.39 is 4.92 Å². The number of ether oxygens (including phenoxy) is 1. The smallest absolute Gasteiger partial charge is 0.311 e. The normalized spacial score (nSPS) is 11.9. The first kappa shape index (κ1) is 14.3. The van der Waals surface area contributed by atoms with E-state index in [1.165, 1.54) is 6.07 Å². The molecular weight excluding hydrogens is 232 g/mol. The molecule has 5 heteroatoms. The van der Waals surface area contributed by atoms with Crippen LogP contribution in [0, 0.1) is 16.0 Å². The Labute approximate surface area is 107 Å². The lowest BCUT2D eigenvalue weighted by molar-refractivity contribution is -0.385. The summed E-state index contributed by atoms with van der Waals surface area (Å²) in [4.78, 5) is 10.4. The van der Waals surface area contributed by atoms with Gasteiger partial charge in [-0.25, -0.2) is 0 Å². The van der Waals surface area contributed by atoms with Crippen molar-refractivity contribution >= 4 is 11.4 Å².